The molecule has 0 bridgehead atoms. The van der Waals surface area contributed by atoms with Crippen molar-refractivity contribution >= 4 is 21.7 Å². The maximum atomic E-state index is 4.19. The molecule has 3 nitrogen and oxygen atoms in total. The predicted octanol–water partition coefficient (Wildman–Crippen LogP) is 3.26. The van der Waals surface area contributed by atoms with Gasteiger partial charge in [0.05, 0.1) is 5.69 Å². The molecule has 1 N–H and O–H groups in total. The van der Waals surface area contributed by atoms with Crippen molar-refractivity contribution in [2.75, 3.05) is 12.4 Å². The lowest BCUT2D eigenvalue weighted by atomic mass is 10.1. The summed E-state index contributed by atoms with van der Waals surface area (Å²) in [6.45, 7) is 2.06. The number of nitrogens with one attached hydrogen (secondary N) is 1. The van der Waals surface area contributed by atoms with Gasteiger partial charge in [-0.3, -0.25) is 0 Å². The smallest absolute Gasteiger partial charge is 0.148 e. The Hall–Kier alpha value is -1.42. The Balaban J connectivity index is 2.45. The van der Waals surface area contributed by atoms with Gasteiger partial charge in [-0.05, 0) is 36.8 Å². The Labute approximate surface area is 103 Å². The fourth-order valence-corrected chi connectivity index (χ4v) is 1.84. The van der Waals surface area contributed by atoms with E-state index in [1.54, 1.807) is 0 Å². The van der Waals surface area contributed by atoms with Crippen molar-refractivity contribution in [1.82, 2.24) is 10.2 Å². The van der Waals surface area contributed by atoms with Gasteiger partial charge in [-0.1, -0.05) is 22.0 Å². The van der Waals surface area contributed by atoms with E-state index in [0.717, 1.165) is 21.5 Å². The highest BCUT2D eigenvalue weighted by Crippen LogP contribution is 2.25. The largest absolute Gasteiger partial charge is 0.372 e. The Morgan fingerprint density at radius 2 is 1.94 bits per heavy atom. The number of anilines is 1. The fraction of sp³-hybridized carbons (Fsp3) is 0.167. The van der Waals surface area contributed by atoms with E-state index in [9.17, 15) is 0 Å². The standard InChI is InChI=1S/C12H12BrN3/c1-8-3-4-9(13)7-10(8)11-5-6-12(14-2)16-15-11/h3-7H,1-2H3,(H,14,16). The van der Waals surface area contributed by atoms with E-state index in [0.29, 0.717) is 0 Å². The van der Waals surface area contributed by atoms with Crippen LogP contribution < -0.4 is 5.32 Å². The summed E-state index contributed by atoms with van der Waals surface area (Å²) in [4.78, 5) is 0. The summed E-state index contributed by atoms with van der Waals surface area (Å²) in [5.74, 6) is 0.774. The van der Waals surface area contributed by atoms with Crippen LogP contribution in [-0.2, 0) is 0 Å². The Bertz CT molecular complexity index is 494. The summed E-state index contributed by atoms with van der Waals surface area (Å²) < 4.78 is 1.05. The minimum atomic E-state index is 0.774. The Morgan fingerprint density at radius 3 is 2.56 bits per heavy atom. The molecule has 82 valence electrons. The summed E-state index contributed by atoms with van der Waals surface area (Å²) in [5, 5.41) is 11.2. The minimum Gasteiger partial charge on any atom is -0.372 e. The zero-order chi connectivity index (χ0) is 11.5. The van der Waals surface area contributed by atoms with Gasteiger partial charge in [-0.25, -0.2) is 0 Å². The van der Waals surface area contributed by atoms with Crippen LogP contribution in [0.2, 0.25) is 0 Å². The van der Waals surface area contributed by atoms with E-state index in [4.69, 9.17) is 0 Å². The second kappa shape index (κ2) is 4.61. The average Bonchev–Trinajstić information content (AvgIpc) is 2.32. The first-order valence-corrected chi connectivity index (χ1v) is 5.78. The van der Waals surface area contributed by atoms with Gasteiger partial charge in [-0.2, -0.15) is 0 Å². The van der Waals surface area contributed by atoms with Gasteiger partial charge in [0.15, 0.2) is 0 Å². The van der Waals surface area contributed by atoms with Crippen molar-refractivity contribution in [2.24, 2.45) is 0 Å². The van der Waals surface area contributed by atoms with Gasteiger partial charge >= 0.3 is 0 Å². The summed E-state index contributed by atoms with van der Waals surface area (Å²) in [5.41, 5.74) is 3.18. The van der Waals surface area contributed by atoms with E-state index in [1.807, 2.05) is 25.2 Å². The number of hydrogen-bond donors (Lipinski definition) is 1. The van der Waals surface area contributed by atoms with Crippen LogP contribution in [0.25, 0.3) is 11.3 Å². The molecule has 2 rings (SSSR count). The highest BCUT2D eigenvalue weighted by atomic mass is 79.9. The third kappa shape index (κ3) is 2.22. The third-order valence-electron chi connectivity index (χ3n) is 2.40. The average molecular weight is 278 g/mol. The van der Waals surface area contributed by atoms with Crippen molar-refractivity contribution in [3.63, 3.8) is 0 Å². The van der Waals surface area contributed by atoms with Crippen molar-refractivity contribution < 1.29 is 0 Å². The molecule has 0 fully saturated rings. The zero-order valence-electron chi connectivity index (χ0n) is 9.16. The van der Waals surface area contributed by atoms with Gasteiger partial charge < -0.3 is 5.32 Å². The number of halogens is 1. The maximum Gasteiger partial charge on any atom is 0.148 e. The van der Waals surface area contributed by atoms with E-state index < -0.39 is 0 Å². The topological polar surface area (TPSA) is 37.8 Å². The second-order valence-electron chi connectivity index (χ2n) is 3.51. The van der Waals surface area contributed by atoms with E-state index >= 15 is 0 Å². The molecule has 0 spiro atoms. The van der Waals surface area contributed by atoms with Crippen molar-refractivity contribution in [3.8, 4) is 11.3 Å². The first-order valence-electron chi connectivity index (χ1n) is 4.98. The lowest BCUT2D eigenvalue weighted by molar-refractivity contribution is 1.04. The molecule has 0 aliphatic heterocycles. The number of nitrogens with zero attached hydrogens (tertiary/aromatic N) is 2. The second-order valence-corrected chi connectivity index (χ2v) is 4.43. The SMILES string of the molecule is CNc1ccc(-c2cc(Br)ccc2C)nn1. The van der Waals surface area contributed by atoms with Crippen LogP contribution in [-0.4, -0.2) is 17.2 Å². The molecule has 0 saturated heterocycles. The number of benzene rings is 1. The molecule has 1 aromatic carbocycles. The number of aryl methyl sites for hydroxylation is 1. The lowest BCUT2D eigenvalue weighted by Crippen LogP contribution is -1.96. The molecule has 16 heavy (non-hydrogen) atoms. The number of aromatic nitrogens is 2. The summed E-state index contributed by atoms with van der Waals surface area (Å²) >= 11 is 3.46. The van der Waals surface area contributed by atoms with E-state index in [1.165, 1.54) is 5.56 Å². The molecule has 0 aliphatic rings. The van der Waals surface area contributed by atoms with Gasteiger partial charge in [-0.15, -0.1) is 10.2 Å². The highest BCUT2D eigenvalue weighted by molar-refractivity contribution is 9.10. The molecule has 0 amide bonds. The molecule has 0 unspecified atom stereocenters. The van der Waals surface area contributed by atoms with Crippen LogP contribution in [0.3, 0.4) is 0 Å². The Morgan fingerprint density at radius 1 is 1.12 bits per heavy atom. The lowest BCUT2D eigenvalue weighted by Gasteiger charge is -2.05. The summed E-state index contributed by atoms with van der Waals surface area (Å²) in [6.07, 6.45) is 0. The molecule has 1 aromatic heterocycles. The first-order chi connectivity index (χ1) is 7.70. The van der Waals surface area contributed by atoms with Gasteiger partial charge in [0.2, 0.25) is 0 Å². The number of hydrogen-bond acceptors (Lipinski definition) is 3. The van der Waals surface area contributed by atoms with E-state index in [-0.39, 0.29) is 0 Å². The molecule has 1 heterocycles. The molecule has 0 atom stereocenters. The molecular weight excluding hydrogens is 266 g/mol. The normalized spacial score (nSPS) is 10.2. The van der Waals surface area contributed by atoms with Gasteiger partial charge in [0, 0.05) is 17.1 Å². The van der Waals surface area contributed by atoms with E-state index in [2.05, 4.69) is 50.5 Å². The minimum absolute atomic E-state index is 0.774. The Kier molecular flexibility index (Phi) is 3.19. The maximum absolute atomic E-state index is 4.19. The predicted molar refractivity (Wildman–Crippen MR) is 69.5 cm³/mol. The van der Waals surface area contributed by atoms with Crippen LogP contribution in [0.1, 0.15) is 5.56 Å². The van der Waals surface area contributed by atoms with Crippen molar-refractivity contribution in [1.29, 1.82) is 0 Å². The first kappa shape index (κ1) is 11.1. The van der Waals surface area contributed by atoms with Crippen LogP contribution in [0.15, 0.2) is 34.8 Å². The van der Waals surface area contributed by atoms with Gasteiger partial charge in [0.1, 0.15) is 5.82 Å². The summed E-state index contributed by atoms with van der Waals surface area (Å²) in [6, 6.07) is 10.0. The van der Waals surface area contributed by atoms with Crippen molar-refractivity contribution in [2.45, 2.75) is 6.92 Å². The zero-order valence-corrected chi connectivity index (χ0v) is 10.7. The summed E-state index contributed by atoms with van der Waals surface area (Å²) in [7, 11) is 1.83. The molecule has 2 aromatic rings. The van der Waals surface area contributed by atoms with Crippen molar-refractivity contribution in [3.05, 3.63) is 40.4 Å². The molecule has 0 aliphatic carbocycles. The quantitative estimate of drug-likeness (QED) is 0.916. The van der Waals surface area contributed by atoms with Crippen LogP contribution >= 0.6 is 15.9 Å². The monoisotopic (exact) mass is 277 g/mol. The van der Waals surface area contributed by atoms with Crippen LogP contribution in [0.5, 0.6) is 0 Å². The molecule has 0 radical (unpaired) electrons. The molecular formula is C12H12BrN3. The van der Waals surface area contributed by atoms with Crippen LogP contribution in [0.4, 0.5) is 5.82 Å². The van der Waals surface area contributed by atoms with Crippen LogP contribution in [0, 0.1) is 6.92 Å². The fourth-order valence-electron chi connectivity index (χ4n) is 1.48. The number of rotatable bonds is 2. The molecule has 0 saturated carbocycles. The third-order valence-corrected chi connectivity index (χ3v) is 2.89. The highest BCUT2D eigenvalue weighted by Gasteiger charge is 2.04. The molecule has 4 heteroatoms. The van der Waals surface area contributed by atoms with Gasteiger partial charge in [0.25, 0.3) is 0 Å².